The zero-order valence-electron chi connectivity index (χ0n) is 18.7. The van der Waals surface area contributed by atoms with Crippen LogP contribution < -0.4 is 20.4 Å². The van der Waals surface area contributed by atoms with Crippen molar-refractivity contribution in [3.8, 4) is 0 Å². The number of carbonyl (C=O) groups is 6. The summed E-state index contributed by atoms with van der Waals surface area (Å²) in [6.45, 7) is 7.26. The van der Waals surface area contributed by atoms with Crippen molar-refractivity contribution in [3.05, 3.63) is 0 Å². The van der Waals surface area contributed by atoms with Crippen LogP contribution in [0.3, 0.4) is 0 Å². The van der Waals surface area contributed by atoms with E-state index in [1.807, 2.05) is 13.8 Å². The fraction of sp³-hybridized carbons (Fsp3) is 0.700. The first-order valence-corrected chi connectivity index (χ1v) is 9.70. The molecular formula is C20H32O10Zr. The molecule has 31 heavy (non-hydrogen) atoms. The molecule has 0 amide bonds. The van der Waals surface area contributed by atoms with Gasteiger partial charge in [0.25, 0.3) is 0 Å². The molecule has 0 aliphatic heterocycles. The van der Waals surface area contributed by atoms with Gasteiger partial charge in [-0.15, -0.1) is 0 Å². The van der Waals surface area contributed by atoms with E-state index in [2.05, 4.69) is 0 Å². The fourth-order valence-corrected chi connectivity index (χ4v) is 1.46. The summed E-state index contributed by atoms with van der Waals surface area (Å²) < 4.78 is 0. The Morgan fingerprint density at radius 3 is 0.774 bits per heavy atom. The standard InChI is InChI=1S/2C6H10O3.2C4H8O2.Zr/c2*1-2-3-5(7)4-6(8)9;2*1-2-3-4(5)6;/h2*2-4H2,1H3,(H,8,9);2*2-3H2,1H3,(H,5,6);/q;;;;+4/p-4. The molecule has 0 rings (SSSR count). The molecule has 0 fully saturated rings. The van der Waals surface area contributed by atoms with E-state index in [4.69, 9.17) is 0 Å². The minimum Gasteiger partial charge on any atom is -0.550 e. The van der Waals surface area contributed by atoms with E-state index in [1.165, 1.54) is 0 Å². The van der Waals surface area contributed by atoms with E-state index >= 15 is 0 Å². The summed E-state index contributed by atoms with van der Waals surface area (Å²) in [6, 6.07) is 0. The second-order valence-electron chi connectivity index (χ2n) is 5.92. The van der Waals surface area contributed by atoms with E-state index in [-0.39, 0.29) is 50.6 Å². The van der Waals surface area contributed by atoms with Crippen LogP contribution in [0.1, 0.15) is 91.9 Å². The molecule has 0 spiro atoms. The van der Waals surface area contributed by atoms with Gasteiger partial charge in [-0.2, -0.15) is 0 Å². The molecule has 0 saturated heterocycles. The summed E-state index contributed by atoms with van der Waals surface area (Å²) in [5.41, 5.74) is 0. The second-order valence-corrected chi connectivity index (χ2v) is 5.92. The van der Waals surface area contributed by atoms with Crippen LogP contribution in [0.4, 0.5) is 0 Å². The molecule has 0 aliphatic rings. The van der Waals surface area contributed by atoms with Gasteiger partial charge in [-0.3, -0.25) is 9.59 Å². The van der Waals surface area contributed by atoms with Crippen molar-refractivity contribution in [2.45, 2.75) is 91.9 Å². The van der Waals surface area contributed by atoms with Crippen LogP contribution in [0, 0.1) is 0 Å². The maximum absolute atomic E-state index is 10.4. The third-order valence-corrected chi connectivity index (χ3v) is 2.65. The third kappa shape index (κ3) is 58.4. The normalized spacial score (nSPS) is 8.39. The largest absolute Gasteiger partial charge is 4.00 e. The summed E-state index contributed by atoms with van der Waals surface area (Å²) in [7, 11) is 0. The predicted molar refractivity (Wildman–Crippen MR) is 98.9 cm³/mol. The smallest absolute Gasteiger partial charge is 0.550 e. The Morgan fingerprint density at radius 2 is 0.677 bits per heavy atom. The van der Waals surface area contributed by atoms with Crippen molar-refractivity contribution in [1.82, 2.24) is 0 Å². The Morgan fingerprint density at radius 1 is 0.452 bits per heavy atom. The fourth-order valence-electron chi connectivity index (χ4n) is 1.46. The van der Waals surface area contributed by atoms with Crippen molar-refractivity contribution < 1.29 is 75.4 Å². The van der Waals surface area contributed by atoms with Crippen molar-refractivity contribution in [1.29, 1.82) is 0 Å². The van der Waals surface area contributed by atoms with E-state index in [1.54, 1.807) is 13.8 Å². The average Bonchev–Trinajstić information content (AvgIpc) is 2.55. The Labute approximate surface area is 202 Å². The minimum absolute atomic E-state index is 0. The van der Waals surface area contributed by atoms with Crippen LogP contribution in [0.15, 0.2) is 0 Å². The summed E-state index contributed by atoms with van der Waals surface area (Å²) in [5.74, 6) is -4.99. The molecule has 0 heterocycles. The minimum atomic E-state index is -1.28. The van der Waals surface area contributed by atoms with Crippen molar-refractivity contribution in [2.75, 3.05) is 0 Å². The van der Waals surface area contributed by atoms with Crippen LogP contribution >= 0.6 is 0 Å². The Hall–Kier alpha value is -1.90. The van der Waals surface area contributed by atoms with Gasteiger partial charge in [0.05, 0.1) is 0 Å². The SMILES string of the molecule is CCCC(=O)CC(=O)[O-].CCCC(=O)CC(=O)[O-].CCCC(=O)[O-].CCCC(=O)[O-].[Zr+4]. The molecule has 0 atom stereocenters. The summed E-state index contributed by atoms with van der Waals surface area (Å²) >= 11 is 0. The van der Waals surface area contributed by atoms with Crippen LogP contribution in [-0.4, -0.2) is 35.4 Å². The van der Waals surface area contributed by atoms with Gasteiger partial charge in [0.15, 0.2) is 0 Å². The number of carboxylic acid groups (broad SMARTS) is 4. The molecular weight excluding hydrogens is 491 g/mol. The molecule has 0 aliphatic carbocycles. The molecule has 176 valence electrons. The zero-order chi connectivity index (χ0) is 24.5. The molecule has 0 aromatic heterocycles. The van der Waals surface area contributed by atoms with Gasteiger partial charge in [-0.25, -0.2) is 0 Å². The van der Waals surface area contributed by atoms with Crippen LogP contribution in [0.5, 0.6) is 0 Å². The molecule has 0 N–H and O–H groups in total. The molecule has 11 heteroatoms. The van der Waals surface area contributed by atoms with Crippen LogP contribution in [0.25, 0.3) is 0 Å². The summed E-state index contributed by atoms with van der Waals surface area (Å²) in [5, 5.41) is 38.5. The van der Waals surface area contributed by atoms with Gasteiger partial charge in [0.1, 0.15) is 11.6 Å². The molecule has 0 unspecified atom stereocenters. The van der Waals surface area contributed by atoms with Gasteiger partial charge in [-0.1, -0.05) is 40.5 Å². The van der Waals surface area contributed by atoms with Crippen LogP contribution in [-0.2, 0) is 55.0 Å². The molecule has 0 saturated carbocycles. The number of hydrogen-bond acceptors (Lipinski definition) is 10. The summed E-state index contributed by atoms with van der Waals surface area (Å²) in [4.78, 5) is 59.3. The van der Waals surface area contributed by atoms with Crippen LogP contribution in [0.2, 0.25) is 0 Å². The van der Waals surface area contributed by atoms with Gasteiger partial charge in [0.2, 0.25) is 0 Å². The maximum Gasteiger partial charge on any atom is 4.00 e. The quantitative estimate of drug-likeness (QED) is 0.260. The van der Waals surface area contributed by atoms with E-state index in [9.17, 15) is 49.2 Å². The molecule has 0 radical (unpaired) electrons. The maximum atomic E-state index is 10.4. The predicted octanol–water partition coefficient (Wildman–Crippen LogP) is -1.94. The van der Waals surface area contributed by atoms with Crippen molar-refractivity contribution >= 4 is 35.4 Å². The average molecular weight is 524 g/mol. The molecule has 10 nitrogen and oxygen atoms in total. The van der Waals surface area contributed by atoms with Gasteiger partial charge in [-0.05, 0) is 25.7 Å². The number of ketones is 2. The Bertz CT molecular complexity index is 472. The van der Waals surface area contributed by atoms with Gasteiger partial charge < -0.3 is 39.6 Å². The molecule has 0 bridgehead atoms. The Balaban J connectivity index is -0.0000000977. The van der Waals surface area contributed by atoms with Gasteiger partial charge >= 0.3 is 26.2 Å². The van der Waals surface area contributed by atoms with Crippen molar-refractivity contribution in [3.63, 3.8) is 0 Å². The monoisotopic (exact) mass is 522 g/mol. The Kier molecular flexibility index (Phi) is 38.7. The molecule has 0 aromatic carbocycles. The van der Waals surface area contributed by atoms with Gasteiger partial charge in [0, 0.05) is 49.6 Å². The number of carboxylic acids is 4. The number of rotatable bonds is 12. The van der Waals surface area contributed by atoms with E-state index in [0.717, 1.165) is 0 Å². The number of carbonyl (C=O) groups excluding carboxylic acids is 6. The third-order valence-electron chi connectivity index (χ3n) is 2.65. The second kappa shape index (κ2) is 30.3. The number of aliphatic carboxylic acids is 4. The first-order chi connectivity index (χ1) is 13.9. The van der Waals surface area contributed by atoms with Crippen molar-refractivity contribution in [2.24, 2.45) is 0 Å². The number of Topliss-reactive ketones (excluding diaryl/α,β-unsaturated/α-hetero) is 2. The first-order valence-electron chi connectivity index (χ1n) is 9.70. The van der Waals surface area contributed by atoms with E-state index in [0.29, 0.717) is 38.5 Å². The first kappa shape index (κ1) is 39.6. The topological polar surface area (TPSA) is 195 Å². The number of hydrogen-bond donors (Lipinski definition) is 0. The zero-order valence-corrected chi connectivity index (χ0v) is 21.1. The van der Waals surface area contributed by atoms with E-state index < -0.39 is 36.7 Å². The summed E-state index contributed by atoms with van der Waals surface area (Å²) in [6.07, 6.45) is 2.91. The molecule has 0 aromatic rings.